The van der Waals surface area contributed by atoms with Crippen LogP contribution in [0.5, 0.6) is 0 Å². The summed E-state index contributed by atoms with van der Waals surface area (Å²) in [5, 5.41) is 0.261. The highest BCUT2D eigenvalue weighted by Crippen LogP contribution is 2.63. The maximum atomic E-state index is 6.73. The topological polar surface area (TPSA) is 0 Å². The summed E-state index contributed by atoms with van der Waals surface area (Å²) in [6.07, 6.45) is 6.53. The minimum atomic E-state index is 0.261. The van der Waals surface area contributed by atoms with Gasteiger partial charge in [0.15, 0.2) is 0 Å². The molecule has 0 heterocycles. The Bertz CT molecular complexity index is 427. The second kappa shape index (κ2) is 4.89. The first kappa shape index (κ1) is 12.5. The Balaban J connectivity index is 1.79. The molecular formula is C17H23Cl. The summed E-state index contributed by atoms with van der Waals surface area (Å²) in [5.74, 6) is 2.67. The number of hydrogen-bond acceptors (Lipinski definition) is 0. The monoisotopic (exact) mass is 262 g/mol. The van der Waals surface area contributed by atoms with E-state index < -0.39 is 0 Å². The summed E-state index contributed by atoms with van der Waals surface area (Å²) in [6, 6.07) is 6.93. The predicted octanol–water partition coefficient (Wildman–Crippen LogP) is 5.14. The normalized spacial score (nSPS) is 31.2. The summed E-state index contributed by atoms with van der Waals surface area (Å²) in [5.41, 5.74) is 4.35. The zero-order chi connectivity index (χ0) is 12.7. The number of rotatable bonds is 4. The first-order chi connectivity index (χ1) is 8.76. The average molecular weight is 263 g/mol. The Morgan fingerprint density at radius 2 is 1.78 bits per heavy atom. The third kappa shape index (κ3) is 1.99. The average Bonchev–Trinajstić information content (AvgIpc) is 2.89. The molecule has 3 unspecified atom stereocenters. The minimum Gasteiger partial charge on any atom is -0.117 e. The van der Waals surface area contributed by atoms with Crippen LogP contribution >= 0.6 is 11.6 Å². The Morgan fingerprint density at radius 1 is 1.11 bits per heavy atom. The van der Waals surface area contributed by atoms with Crippen molar-refractivity contribution in [2.75, 3.05) is 0 Å². The molecule has 98 valence electrons. The Hall–Kier alpha value is -0.490. The van der Waals surface area contributed by atoms with Crippen molar-refractivity contribution in [1.29, 1.82) is 0 Å². The number of hydrogen-bond donors (Lipinski definition) is 0. The molecule has 2 aliphatic carbocycles. The molecule has 2 saturated carbocycles. The summed E-state index contributed by atoms with van der Waals surface area (Å²) < 4.78 is 0. The van der Waals surface area contributed by atoms with Crippen molar-refractivity contribution in [3.63, 3.8) is 0 Å². The highest BCUT2D eigenvalue weighted by Gasteiger charge is 2.55. The second-order valence-electron chi connectivity index (χ2n) is 5.97. The van der Waals surface area contributed by atoms with Gasteiger partial charge in [-0.2, -0.15) is 0 Å². The number of halogens is 1. The van der Waals surface area contributed by atoms with Crippen LogP contribution in [0.4, 0.5) is 0 Å². The van der Waals surface area contributed by atoms with Crippen molar-refractivity contribution in [3.05, 3.63) is 34.9 Å². The Labute approximate surface area is 116 Å². The molecule has 0 bridgehead atoms. The third-order valence-electron chi connectivity index (χ3n) is 5.12. The molecule has 0 aromatic heterocycles. The van der Waals surface area contributed by atoms with Gasteiger partial charge >= 0.3 is 0 Å². The molecule has 1 aromatic rings. The van der Waals surface area contributed by atoms with Crippen LogP contribution < -0.4 is 0 Å². The van der Waals surface area contributed by atoms with Gasteiger partial charge in [-0.05, 0) is 60.1 Å². The molecule has 3 rings (SSSR count). The van der Waals surface area contributed by atoms with Gasteiger partial charge in [0.25, 0.3) is 0 Å². The van der Waals surface area contributed by atoms with Crippen molar-refractivity contribution in [2.45, 2.75) is 51.3 Å². The number of benzene rings is 1. The van der Waals surface area contributed by atoms with Crippen LogP contribution in [0.1, 0.15) is 55.2 Å². The molecule has 18 heavy (non-hydrogen) atoms. The van der Waals surface area contributed by atoms with E-state index in [1.165, 1.54) is 36.0 Å². The maximum Gasteiger partial charge on any atom is 0.0619 e. The first-order valence-electron chi connectivity index (χ1n) is 7.52. The molecule has 0 aliphatic heterocycles. The standard InChI is InChI=1S/C17H23Cl/c1-3-11-8-9-13(10-12(11)4-2)17(18)16-14-6-5-7-15(14)16/h8-10,14-17H,3-7H2,1-2H3. The lowest BCUT2D eigenvalue weighted by atomic mass is 9.96. The molecule has 0 nitrogen and oxygen atoms in total. The van der Waals surface area contributed by atoms with Crippen LogP contribution in [-0.2, 0) is 12.8 Å². The SMILES string of the molecule is CCc1ccc(C(Cl)C2C3CCCC32)cc1CC. The largest absolute Gasteiger partial charge is 0.117 e. The van der Waals surface area contributed by atoms with E-state index in [1.54, 1.807) is 0 Å². The molecule has 1 heteroatoms. The van der Waals surface area contributed by atoms with E-state index in [-0.39, 0.29) is 5.38 Å². The minimum absolute atomic E-state index is 0.261. The quantitative estimate of drug-likeness (QED) is 0.660. The number of aryl methyl sites for hydroxylation is 2. The van der Waals surface area contributed by atoms with Gasteiger partial charge in [-0.15, -0.1) is 11.6 Å². The lowest BCUT2D eigenvalue weighted by Crippen LogP contribution is -2.01. The zero-order valence-electron chi connectivity index (χ0n) is 11.5. The van der Waals surface area contributed by atoms with Gasteiger partial charge in [-0.25, -0.2) is 0 Å². The third-order valence-corrected chi connectivity index (χ3v) is 5.66. The highest BCUT2D eigenvalue weighted by atomic mass is 35.5. The van der Waals surface area contributed by atoms with Gasteiger partial charge in [-0.1, -0.05) is 38.5 Å². The van der Waals surface area contributed by atoms with Crippen LogP contribution in [0, 0.1) is 17.8 Å². The van der Waals surface area contributed by atoms with Crippen molar-refractivity contribution < 1.29 is 0 Å². The van der Waals surface area contributed by atoms with Crippen LogP contribution in [0.3, 0.4) is 0 Å². The zero-order valence-corrected chi connectivity index (χ0v) is 12.2. The number of alkyl halides is 1. The van der Waals surface area contributed by atoms with Gasteiger partial charge in [0.05, 0.1) is 5.38 Å². The summed E-state index contributed by atoms with van der Waals surface area (Å²) in [7, 11) is 0. The molecule has 0 N–H and O–H groups in total. The first-order valence-corrected chi connectivity index (χ1v) is 7.95. The fourth-order valence-corrected chi connectivity index (χ4v) is 4.53. The van der Waals surface area contributed by atoms with Crippen LogP contribution in [-0.4, -0.2) is 0 Å². The molecular weight excluding hydrogens is 240 g/mol. The van der Waals surface area contributed by atoms with Crippen molar-refractivity contribution in [3.8, 4) is 0 Å². The molecule has 0 spiro atoms. The van der Waals surface area contributed by atoms with Crippen molar-refractivity contribution in [1.82, 2.24) is 0 Å². The molecule has 0 amide bonds. The highest BCUT2D eigenvalue weighted by molar-refractivity contribution is 6.21. The molecule has 2 aliphatic rings. The van der Waals surface area contributed by atoms with E-state index in [9.17, 15) is 0 Å². The van der Waals surface area contributed by atoms with E-state index in [4.69, 9.17) is 11.6 Å². The van der Waals surface area contributed by atoms with Crippen molar-refractivity contribution in [2.24, 2.45) is 17.8 Å². The fourth-order valence-electron chi connectivity index (χ4n) is 4.02. The van der Waals surface area contributed by atoms with E-state index in [0.717, 1.165) is 30.6 Å². The molecule has 0 radical (unpaired) electrons. The smallest absolute Gasteiger partial charge is 0.0619 e. The maximum absolute atomic E-state index is 6.73. The molecule has 2 fully saturated rings. The number of fused-ring (bicyclic) bond motifs is 1. The van der Waals surface area contributed by atoms with Crippen molar-refractivity contribution >= 4 is 11.6 Å². The summed E-state index contributed by atoms with van der Waals surface area (Å²) in [6.45, 7) is 4.48. The van der Waals surface area contributed by atoms with E-state index in [2.05, 4.69) is 32.0 Å². The van der Waals surface area contributed by atoms with E-state index in [0.29, 0.717) is 0 Å². The molecule has 1 aromatic carbocycles. The lowest BCUT2D eigenvalue weighted by Gasteiger charge is -2.15. The van der Waals surface area contributed by atoms with Crippen LogP contribution in [0.25, 0.3) is 0 Å². The summed E-state index contributed by atoms with van der Waals surface area (Å²) >= 11 is 6.73. The second-order valence-corrected chi connectivity index (χ2v) is 6.44. The van der Waals surface area contributed by atoms with Crippen LogP contribution in [0.2, 0.25) is 0 Å². The van der Waals surface area contributed by atoms with Gasteiger partial charge < -0.3 is 0 Å². The molecule has 0 saturated heterocycles. The lowest BCUT2D eigenvalue weighted by molar-refractivity contribution is 0.573. The van der Waals surface area contributed by atoms with Gasteiger partial charge in [0, 0.05) is 0 Å². The molecule has 3 atom stereocenters. The van der Waals surface area contributed by atoms with Gasteiger partial charge in [0.1, 0.15) is 0 Å². The van der Waals surface area contributed by atoms with Crippen LogP contribution in [0.15, 0.2) is 18.2 Å². The van der Waals surface area contributed by atoms with Gasteiger partial charge in [0.2, 0.25) is 0 Å². The Morgan fingerprint density at radius 3 is 2.39 bits per heavy atom. The van der Waals surface area contributed by atoms with E-state index in [1.807, 2.05) is 0 Å². The fraction of sp³-hybridized carbons (Fsp3) is 0.647. The predicted molar refractivity (Wildman–Crippen MR) is 78.1 cm³/mol. The van der Waals surface area contributed by atoms with E-state index >= 15 is 0 Å². The summed E-state index contributed by atoms with van der Waals surface area (Å²) in [4.78, 5) is 0. The van der Waals surface area contributed by atoms with Gasteiger partial charge in [-0.3, -0.25) is 0 Å². The Kier molecular flexibility index (Phi) is 3.40.